The van der Waals surface area contributed by atoms with E-state index in [-0.39, 0.29) is 23.8 Å². The standard InChI is InChI=1S/C25H28ClN3O4/c1-4-32-25(31)27-22-20-15-18(26)7-10-21(20)33-24(22)23(30)17-5-8-19(9-6-17)29-13-11-28(12-14-29)16(2)3/h5-10,15-16H,4,11-14H2,1-3H3,(H,27,31). The normalized spacial score (nSPS) is 14.6. The van der Waals surface area contributed by atoms with Gasteiger partial charge in [-0.25, -0.2) is 4.79 Å². The summed E-state index contributed by atoms with van der Waals surface area (Å²) in [5.74, 6) is -0.288. The Balaban J connectivity index is 1.59. The van der Waals surface area contributed by atoms with E-state index in [4.69, 9.17) is 20.8 Å². The molecule has 7 nitrogen and oxygen atoms in total. The summed E-state index contributed by atoms with van der Waals surface area (Å²) in [6, 6.07) is 13.0. The van der Waals surface area contributed by atoms with Gasteiger partial charge >= 0.3 is 6.09 Å². The minimum absolute atomic E-state index is 0.0404. The fraction of sp³-hybridized carbons (Fsp3) is 0.360. The molecule has 0 aliphatic carbocycles. The first-order valence-electron chi connectivity index (χ1n) is 11.2. The van der Waals surface area contributed by atoms with Crippen LogP contribution in [0.25, 0.3) is 11.0 Å². The Labute approximate surface area is 198 Å². The SMILES string of the molecule is CCOC(=O)Nc1c(C(=O)c2ccc(N3CCN(C(C)C)CC3)cc2)oc2ccc(Cl)cc12. The maximum atomic E-state index is 13.3. The lowest BCUT2D eigenvalue weighted by atomic mass is 10.1. The highest BCUT2D eigenvalue weighted by Gasteiger charge is 2.25. The van der Waals surface area contributed by atoms with Crippen LogP contribution in [-0.2, 0) is 4.74 Å². The Kier molecular flexibility index (Phi) is 6.91. The van der Waals surface area contributed by atoms with Gasteiger partial charge in [-0.3, -0.25) is 15.0 Å². The van der Waals surface area contributed by atoms with Gasteiger partial charge in [0.1, 0.15) is 11.3 Å². The number of nitrogens with one attached hydrogen (secondary N) is 1. The average molecular weight is 470 g/mol. The number of carbonyl (C=O) groups excluding carboxylic acids is 2. The van der Waals surface area contributed by atoms with E-state index < -0.39 is 6.09 Å². The Morgan fingerprint density at radius 3 is 2.42 bits per heavy atom. The fourth-order valence-corrected chi connectivity index (χ4v) is 4.25. The van der Waals surface area contributed by atoms with E-state index >= 15 is 0 Å². The van der Waals surface area contributed by atoms with Crippen molar-refractivity contribution in [3.8, 4) is 0 Å². The van der Waals surface area contributed by atoms with E-state index in [2.05, 4.69) is 29.0 Å². The maximum Gasteiger partial charge on any atom is 0.411 e. The van der Waals surface area contributed by atoms with Crippen molar-refractivity contribution >= 4 is 45.8 Å². The predicted octanol–water partition coefficient (Wildman–Crippen LogP) is 5.42. The second-order valence-electron chi connectivity index (χ2n) is 8.28. The van der Waals surface area contributed by atoms with E-state index in [9.17, 15) is 9.59 Å². The topological polar surface area (TPSA) is 75.0 Å². The second-order valence-corrected chi connectivity index (χ2v) is 8.72. The molecule has 0 spiro atoms. The summed E-state index contributed by atoms with van der Waals surface area (Å²) in [5.41, 5.74) is 2.26. The third-order valence-corrected chi connectivity index (χ3v) is 6.13. The summed E-state index contributed by atoms with van der Waals surface area (Å²) in [6.45, 7) is 10.3. The first-order chi connectivity index (χ1) is 15.9. The number of hydrogen-bond acceptors (Lipinski definition) is 6. The van der Waals surface area contributed by atoms with E-state index in [1.807, 2.05) is 12.1 Å². The monoisotopic (exact) mass is 469 g/mol. The maximum absolute atomic E-state index is 13.3. The number of halogens is 1. The number of anilines is 2. The first-order valence-corrected chi connectivity index (χ1v) is 11.5. The molecule has 1 aliphatic heterocycles. The molecule has 3 aromatic rings. The van der Waals surface area contributed by atoms with Gasteiger partial charge in [-0.1, -0.05) is 11.6 Å². The second kappa shape index (κ2) is 9.85. The average Bonchev–Trinajstić information content (AvgIpc) is 3.16. The number of furan rings is 1. The third kappa shape index (κ3) is 4.99. The van der Waals surface area contributed by atoms with Crippen LogP contribution in [0.2, 0.25) is 5.02 Å². The zero-order valence-corrected chi connectivity index (χ0v) is 19.8. The van der Waals surface area contributed by atoms with Crippen LogP contribution in [0, 0.1) is 0 Å². The molecule has 174 valence electrons. The number of carbonyl (C=O) groups is 2. The molecule has 0 unspecified atom stereocenters. The number of piperazine rings is 1. The number of benzene rings is 2. The van der Waals surface area contributed by atoms with Crippen molar-refractivity contribution in [3.05, 3.63) is 58.8 Å². The van der Waals surface area contributed by atoms with E-state index in [1.54, 1.807) is 37.3 Å². The van der Waals surface area contributed by atoms with Gasteiger partial charge in [0.25, 0.3) is 0 Å². The van der Waals surface area contributed by atoms with Gasteiger partial charge in [-0.15, -0.1) is 0 Å². The lowest BCUT2D eigenvalue weighted by molar-refractivity contribution is 0.101. The quantitative estimate of drug-likeness (QED) is 0.486. The smallest absolute Gasteiger partial charge is 0.411 e. The minimum Gasteiger partial charge on any atom is -0.450 e. The van der Waals surface area contributed by atoms with E-state index in [0.29, 0.717) is 27.6 Å². The van der Waals surface area contributed by atoms with Crippen LogP contribution < -0.4 is 10.2 Å². The molecular formula is C25H28ClN3O4. The number of rotatable bonds is 6. The molecule has 1 N–H and O–H groups in total. The summed E-state index contributed by atoms with van der Waals surface area (Å²) in [4.78, 5) is 30.2. The molecule has 2 aromatic carbocycles. The molecule has 1 aromatic heterocycles. The Morgan fingerprint density at radius 2 is 1.79 bits per heavy atom. The molecule has 0 atom stereocenters. The largest absolute Gasteiger partial charge is 0.450 e. The highest BCUT2D eigenvalue weighted by molar-refractivity contribution is 6.31. The van der Waals surface area contributed by atoms with Crippen molar-refractivity contribution in [1.29, 1.82) is 0 Å². The van der Waals surface area contributed by atoms with Crippen molar-refractivity contribution in [2.24, 2.45) is 0 Å². The molecule has 1 saturated heterocycles. The molecule has 1 aliphatic rings. The van der Waals surface area contributed by atoms with Crippen LogP contribution in [0.1, 0.15) is 36.9 Å². The van der Waals surface area contributed by atoms with Gasteiger partial charge in [0.05, 0.1) is 6.61 Å². The molecule has 0 radical (unpaired) electrons. The highest BCUT2D eigenvalue weighted by atomic mass is 35.5. The van der Waals surface area contributed by atoms with Crippen LogP contribution in [0.5, 0.6) is 0 Å². The number of fused-ring (bicyclic) bond motifs is 1. The van der Waals surface area contributed by atoms with E-state index in [1.165, 1.54) is 0 Å². The minimum atomic E-state index is -0.662. The van der Waals surface area contributed by atoms with Crippen molar-refractivity contribution in [3.63, 3.8) is 0 Å². The van der Waals surface area contributed by atoms with E-state index in [0.717, 1.165) is 31.9 Å². The predicted molar refractivity (Wildman–Crippen MR) is 131 cm³/mol. The van der Waals surface area contributed by atoms with Crippen LogP contribution in [0.3, 0.4) is 0 Å². The van der Waals surface area contributed by atoms with Gasteiger partial charge in [-0.05, 0) is 63.2 Å². The molecule has 1 amide bonds. The van der Waals surface area contributed by atoms with Crippen LogP contribution in [0.4, 0.5) is 16.2 Å². The lowest BCUT2D eigenvalue weighted by Gasteiger charge is -2.38. The van der Waals surface area contributed by atoms with Crippen LogP contribution in [0.15, 0.2) is 46.9 Å². The number of ether oxygens (including phenoxy) is 1. The van der Waals surface area contributed by atoms with Crippen molar-refractivity contribution in [2.45, 2.75) is 26.8 Å². The number of nitrogens with zero attached hydrogens (tertiary/aromatic N) is 2. The molecular weight excluding hydrogens is 442 g/mol. The molecule has 1 fully saturated rings. The summed E-state index contributed by atoms with van der Waals surface area (Å²) in [7, 11) is 0. The van der Waals surface area contributed by atoms with Gasteiger partial charge in [0, 0.05) is 53.9 Å². The Morgan fingerprint density at radius 1 is 1.09 bits per heavy atom. The van der Waals surface area contributed by atoms with Crippen LogP contribution >= 0.6 is 11.6 Å². The van der Waals surface area contributed by atoms with Gasteiger partial charge in [0.15, 0.2) is 5.76 Å². The van der Waals surface area contributed by atoms with Crippen molar-refractivity contribution in [1.82, 2.24) is 4.90 Å². The Bertz CT molecular complexity index is 1150. The molecule has 2 heterocycles. The lowest BCUT2D eigenvalue weighted by Crippen LogP contribution is -2.48. The zero-order valence-electron chi connectivity index (χ0n) is 19.1. The Hall–Kier alpha value is -3.03. The first kappa shape index (κ1) is 23.1. The molecule has 0 bridgehead atoms. The van der Waals surface area contributed by atoms with Gasteiger partial charge < -0.3 is 14.1 Å². The summed E-state index contributed by atoms with van der Waals surface area (Å²) >= 11 is 6.13. The molecule has 4 rings (SSSR count). The van der Waals surface area contributed by atoms with Crippen LogP contribution in [-0.4, -0.2) is 55.6 Å². The number of hydrogen-bond donors (Lipinski definition) is 1. The van der Waals surface area contributed by atoms with Crippen molar-refractivity contribution in [2.75, 3.05) is 43.0 Å². The van der Waals surface area contributed by atoms with Gasteiger partial charge in [-0.2, -0.15) is 0 Å². The zero-order chi connectivity index (χ0) is 23.5. The fourth-order valence-electron chi connectivity index (χ4n) is 4.07. The third-order valence-electron chi connectivity index (χ3n) is 5.90. The molecule has 0 saturated carbocycles. The summed E-state index contributed by atoms with van der Waals surface area (Å²) in [5, 5.41) is 3.65. The molecule has 8 heteroatoms. The summed E-state index contributed by atoms with van der Waals surface area (Å²) < 4.78 is 10.8. The molecule has 33 heavy (non-hydrogen) atoms. The number of amides is 1. The van der Waals surface area contributed by atoms with Gasteiger partial charge in [0.2, 0.25) is 5.78 Å². The highest BCUT2D eigenvalue weighted by Crippen LogP contribution is 2.34. The summed E-state index contributed by atoms with van der Waals surface area (Å²) in [6.07, 6.45) is -0.662. The number of ketones is 1. The van der Waals surface area contributed by atoms with Crippen molar-refractivity contribution < 1.29 is 18.7 Å².